The lowest BCUT2D eigenvalue weighted by molar-refractivity contribution is 0.0636. The van der Waals surface area contributed by atoms with Crippen LogP contribution in [0.4, 0.5) is 9.93 Å². The van der Waals surface area contributed by atoms with E-state index in [1.54, 1.807) is 0 Å². The number of ether oxygens (including phenoxy) is 1. The van der Waals surface area contributed by atoms with Crippen molar-refractivity contribution in [3.05, 3.63) is 10.6 Å². The molecule has 1 aliphatic rings. The van der Waals surface area contributed by atoms with Crippen molar-refractivity contribution in [3.63, 3.8) is 0 Å². The van der Waals surface area contributed by atoms with E-state index in [0.29, 0.717) is 11.7 Å². The maximum absolute atomic E-state index is 11.9. The summed E-state index contributed by atoms with van der Waals surface area (Å²) in [5, 5.41) is 13.0. The molecule has 1 saturated carbocycles. The number of nitrogens with one attached hydrogen (secondary N) is 1. The summed E-state index contributed by atoms with van der Waals surface area (Å²) in [5.74, 6) is 0. The first-order valence-electron chi connectivity index (χ1n) is 8.01. The van der Waals surface area contributed by atoms with Gasteiger partial charge in [-0.25, -0.2) is 9.78 Å². The average Bonchev–Trinajstić information content (AvgIpc) is 2.79. The highest BCUT2D eigenvalue weighted by Crippen LogP contribution is 2.43. The second kappa shape index (κ2) is 6.75. The molecule has 1 amide bonds. The molecule has 1 fully saturated rings. The molecule has 0 aromatic carbocycles. The molecular formula is C16H27N3O3S. The van der Waals surface area contributed by atoms with E-state index in [4.69, 9.17) is 10.5 Å². The SMILES string of the molecule is Cc1nc(NC(=O)OC(C)(C)C)sc1C1(CN)CCC(O)CC1. The fourth-order valence-electron chi connectivity index (χ4n) is 3.01. The standard InChI is InChI=1S/C16H27N3O3S/c1-10-12(16(9-17)7-5-11(20)6-8-16)23-13(18-10)19-14(21)22-15(2,3)4/h11,20H,5-9,17H2,1-4H3,(H,18,19,21). The monoisotopic (exact) mass is 341 g/mol. The number of anilines is 1. The molecule has 1 aliphatic carbocycles. The lowest BCUT2D eigenvalue weighted by Crippen LogP contribution is -2.40. The van der Waals surface area contributed by atoms with Crippen molar-refractivity contribution in [3.8, 4) is 0 Å². The van der Waals surface area contributed by atoms with Crippen LogP contribution in [0.3, 0.4) is 0 Å². The van der Waals surface area contributed by atoms with E-state index in [1.165, 1.54) is 11.3 Å². The van der Waals surface area contributed by atoms with E-state index >= 15 is 0 Å². The minimum atomic E-state index is -0.544. The van der Waals surface area contributed by atoms with E-state index in [9.17, 15) is 9.90 Å². The number of hydrogen-bond acceptors (Lipinski definition) is 6. The Kier molecular flexibility index (Phi) is 5.33. The van der Waals surface area contributed by atoms with Crippen molar-refractivity contribution in [2.45, 2.75) is 70.5 Å². The zero-order valence-electron chi connectivity index (χ0n) is 14.3. The number of aliphatic hydroxyl groups excluding tert-OH is 1. The van der Waals surface area contributed by atoms with Gasteiger partial charge in [-0.1, -0.05) is 0 Å². The Morgan fingerprint density at radius 3 is 2.61 bits per heavy atom. The second-order valence-corrected chi connectivity index (χ2v) is 8.28. The van der Waals surface area contributed by atoms with Gasteiger partial charge in [-0.2, -0.15) is 0 Å². The zero-order valence-corrected chi connectivity index (χ0v) is 15.1. The molecule has 1 aromatic heterocycles. The van der Waals surface area contributed by atoms with Crippen molar-refractivity contribution in [2.75, 3.05) is 11.9 Å². The third-order valence-corrected chi connectivity index (χ3v) is 5.51. The Hall–Kier alpha value is -1.18. The number of nitrogens with zero attached hydrogens (tertiary/aromatic N) is 1. The first-order valence-corrected chi connectivity index (χ1v) is 8.83. The smallest absolute Gasteiger partial charge is 0.413 e. The molecule has 130 valence electrons. The summed E-state index contributed by atoms with van der Waals surface area (Å²) >= 11 is 1.46. The van der Waals surface area contributed by atoms with Crippen LogP contribution in [0.5, 0.6) is 0 Å². The van der Waals surface area contributed by atoms with Gasteiger partial charge in [-0.3, -0.25) is 5.32 Å². The number of carbonyl (C=O) groups is 1. The van der Waals surface area contributed by atoms with Gasteiger partial charge in [0.2, 0.25) is 0 Å². The molecule has 7 heteroatoms. The molecule has 0 bridgehead atoms. The van der Waals surface area contributed by atoms with Crippen molar-refractivity contribution in [2.24, 2.45) is 5.73 Å². The fourth-order valence-corrected chi connectivity index (χ4v) is 4.22. The van der Waals surface area contributed by atoms with Gasteiger partial charge in [-0.05, 0) is 53.4 Å². The third-order valence-electron chi connectivity index (χ3n) is 4.19. The molecule has 0 unspecified atom stereocenters. The molecular weight excluding hydrogens is 314 g/mol. The van der Waals surface area contributed by atoms with E-state index in [-0.39, 0.29) is 11.5 Å². The highest BCUT2D eigenvalue weighted by molar-refractivity contribution is 7.16. The fraction of sp³-hybridized carbons (Fsp3) is 0.750. The highest BCUT2D eigenvalue weighted by atomic mass is 32.1. The first kappa shape index (κ1) is 18.2. The minimum absolute atomic E-state index is 0.144. The van der Waals surface area contributed by atoms with Crippen LogP contribution in [-0.2, 0) is 10.2 Å². The topological polar surface area (TPSA) is 97.5 Å². The largest absolute Gasteiger partial charge is 0.444 e. The minimum Gasteiger partial charge on any atom is -0.444 e. The van der Waals surface area contributed by atoms with Gasteiger partial charge in [0.05, 0.1) is 11.8 Å². The summed E-state index contributed by atoms with van der Waals surface area (Å²) in [4.78, 5) is 17.5. The number of amides is 1. The molecule has 23 heavy (non-hydrogen) atoms. The number of hydrogen-bond donors (Lipinski definition) is 3. The van der Waals surface area contributed by atoms with Crippen LogP contribution < -0.4 is 11.1 Å². The number of nitrogens with two attached hydrogens (primary N) is 1. The molecule has 0 radical (unpaired) electrons. The van der Waals surface area contributed by atoms with Crippen molar-refractivity contribution >= 4 is 22.6 Å². The number of aryl methyl sites for hydroxylation is 1. The van der Waals surface area contributed by atoms with Crippen molar-refractivity contribution < 1.29 is 14.6 Å². The lowest BCUT2D eigenvalue weighted by Gasteiger charge is -2.37. The van der Waals surface area contributed by atoms with Crippen molar-refractivity contribution in [1.82, 2.24) is 4.98 Å². The van der Waals surface area contributed by atoms with Crippen LogP contribution in [0.1, 0.15) is 57.0 Å². The van der Waals surface area contributed by atoms with Crippen LogP contribution in [0.15, 0.2) is 0 Å². The Morgan fingerprint density at radius 1 is 1.48 bits per heavy atom. The molecule has 6 nitrogen and oxygen atoms in total. The van der Waals surface area contributed by atoms with Gasteiger partial charge in [0.1, 0.15) is 5.60 Å². The number of aliphatic hydroxyl groups is 1. The molecule has 0 atom stereocenters. The van der Waals surface area contributed by atoms with Gasteiger partial charge in [0, 0.05) is 16.8 Å². The third kappa shape index (κ3) is 4.43. The van der Waals surface area contributed by atoms with Gasteiger partial charge in [0.15, 0.2) is 5.13 Å². The zero-order chi connectivity index (χ0) is 17.3. The molecule has 1 heterocycles. The number of thiazole rings is 1. The maximum atomic E-state index is 11.9. The maximum Gasteiger partial charge on any atom is 0.413 e. The van der Waals surface area contributed by atoms with Gasteiger partial charge >= 0.3 is 6.09 Å². The van der Waals surface area contributed by atoms with E-state index in [1.807, 2.05) is 27.7 Å². The summed E-state index contributed by atoms with van der Waals surface area (Å²) in [5.41, 5.74) is 6.27. The van der Waals surface area contributed by atoms with E-state index in [2.05, 4.69) is 10.3 Å². The molecule has 0 saturated heterocycles. The number of carbonyl (C=O) groups excluding carboxylic acids is 1. The summed E-state index contributed by atoms with van der Waals surface area (Å²) in [6.45, 7) is 7.93. The van der Waals surface area contributed by atoms with Crippen LogP contribution in [0.25, 0.3) is 0 Å². The number of aromatic nitrogens is 1. The highest BCUT2D eigenvalue weighted by Gasteiger charge is 2.38. The Labute approximate surface area is 141 Å². The van der Waals surface area contributed by atoms with E-state index in [0.717, 1.165) is 36.3 Å². The van der Waals surface area contributed by atoms with Crippen molar-refractivity contribution in [1.29, 1.82) is 0 Å². The molecule has 1 aromatic rings. The van der Waals surface area contributed by atoms with Crippen LogP contribution in [0.2, 0.25) is 0 Å². The Morgan fingerprint density at radius 2 is 2.09 bits per heavy atom. The molecule has 2 rings (SSSR count). The first-order chi connectivity index (χ1) is 10.6. The van der Waals surface area contributed by atoms with E-state index < -0.39 is 11.7 Å². The van der Waals surface area contributed by atoms with Crippen LogP contribution in [-0.4, -0.2) is 34.4 Å². The Bertz CT molecular complexity index is 557. The predicted octanol–water partition coefficient (Wildman–Crippen LogP) is 2.93. The number of rotatable bonds is 3. The second-order valence-electron chi connectivity index (χ2n) is 7.28. The van der Waals surface area contributed by atoms with Crippen LogP contribution >= 0.6 is 11.3 Å². The predicted molar refractivity (Wildman–Crippen MR) is 91.9 cm³/mol. The van der Waals surface area contributed by atoms with Gasteiger partial charge < -0.3 is 15.6 Å². The normalized spacial score (nSPS) is 25.2. The summed E-state index contributed by atoms with van der Waals surface area (Å²) in [7, 11) is 0. The van der Waals surface area contributed by atoms with Gasteiger partial charge in [-0.15, -0.1) is 11.3 Å². The quantitative estimate of drug-likeness (QED) is 0.785. The molecule has 4 N–H and O–H groups in total. The summed E-state index contributed by atoms with van der Waals surface area (Å²) in [6, 6.07) is 0. The lowest BCUT2D eigenvalue weighted by atomic mass is 9.72. The summed E-state index contributed by atoms with van der Waals surface area (Å²) in [6.07, 6.45) is 2.47. The molecule has 0 aliphatic heterocycles. The Balaban J connectivity index is 2.15. The average molecular weight is 341 g/mol. The van der Waals surface area contributed by atoms with Crippen LogP contribution in [0, 0.1) is 6.92 Å². The summed E-state index contributed by atoms with van der Waals surface area (Å²) < 4.78 is 5.26. The molecule has 0 spiro atoms. The van der Waals surface area contributed by atoms with Gasteiger partial charge in [0.25, 0.3) is 0 Å².